The summed E-state index contributed by atoms with van der Waals surface area (Å²) in [6.45, 7) is 7.09. The van der Waals surface area contributed by atoms with Crippen LogP contribution >= 0.6 is 0 Å². The van der Waals surface area contributed by atoms with Crippen molar-refractivity contribution in [3.05, 3.63) is 29.8 Å². The third-order valence-corrected chi connectivity index (χ3v) is 3.04. The van der Waals surface area contributed by atoms with Gasteiger partial charge in [0.25, 0.3) is 0 Å². The van der Waals surface area contributed by atoms with Gasteiger partial charge >= 0.3 is 0 Å². The van der Waals surface area contributed by atoms with Gasteiger partial charge in [0.05, 0.1) is 6.61 Å². The highest BCUT2D eigenvalue weighted by atomic mass is 16.5. The van der Waals surface area contributed by atoms with Crippen LogP contribution in [0.5, 0.6) is 5.75 Å². The predicted molar refractivity (Wildman–Crippen MR) is 77.2 cm³/mol. The molecule has 0 heterocycles. The first-order valence-electron chi connectivity index (χ1n) is 6.79. The van der Waals surface area contributed by atoms with E-state index in [0.717, 1.165) is 18.8 Å². The molecule has 1 aromatic rings. The summed E-state index contributed by atoms with van der Waals surface area (Å²) in [7, 11) is 4.18. The first-order valence-corrected chi connectivity index (χ1v) is 6.79. The average molecular weight is 250 g/mol. The molecule has 18 heavy (non-hydrogen) atoms. The van der Waals surface area contributed by atoms with Gasteiger partial charge in [0.1, 0.15) is 5.75 Å². The topological polar surface area (TPSA) is 24.5 Å². The first-order chi connectivity index (χ1) is 8.71. The third-order valence-electron chi connectivity index (χ3n) is 3.04. The van der Waals surface area contributed by atoms with Crippen molar-refractivity contribution in [3.63, 3.8) is 0 Å². The predicted octanol–water partition coefficient (Wildman–Crippen LogP) is 2.69. The van der Waals surface area contributed by atoms with Crippen LogP contribution in [0.25, 0.3) is 0 Å². The Balaban J connectivity index is 2.63. The van der Waals surface area contributed by atoms with Crippen LogP contribution in [0.3, 0.4) is 0 Å². The van der Waals surface area contributed by atoms with E-state index < -0.39 is 0 Å². The highest BCUT2D eigenvalue weighted by Gasteiger charge is 2.11. The van der Waals surface area contributed by atoms with Crippen molar-refractivity contribution in [2.45, 2.75) is 26.3 Å². The molecule has 0 fully saturated rings. The van der Waals surface area contributed by atoms with Crippen molar-refractivity contribution in [3.8, 4) is 5.75 Å². The number of likely N-dealkylation sites (N-methyl/N-ethyl adjacent to an activating group) is 2. The maximum absolute atomic E-state index is 5.46. The fourth-order valence-electron chi connectivity index (χ4n) is 2.11. The molecule has 0 aliphatic heterocycles. The summed E-state index contributed by atoms with van der Waals surface area (Å²) in [5.41, 5.74) is 1.31. The summed E-state index contributed by atoms with van der Waals surface area (Å²) in [6.07, 6.45) is 1.19. The lowest BCUT2D eigenvalue weighted by Crippen LogP contribution is -2.31. The van der Waals surface area contributed by atoms with Gasteiger partial charge in [-0.2, -0.15) is 0 Å². The van der Waals surface area contributed by atoms with E-state index in [1.807, 2.05) is 26.1 Å². The smallest absolute Gasteiger partial charge is 0.119 e. The molecule has 0 spiro atoms. The zero-order chi connectivity index (χ0) is 13.4. The van der Waals surface area contributed by atoms with Gasteiger partial charge in [0.2, 0.25) is 0 Å². The Hall–Kier alpha value is -1.06. The van der Waals surface area contributed by atoms with Gasteiger partial charge in [0, 0.05) is 12.6 Å². The molecule has 0 saturated heterocycles. The number of nitrogens with one attached hydrogen (secondary N) is 1. The normalized spacial score (nSPS) is 12.7. The largest absolute Gasteiger partial charge is 0.494 e. The Morgan fingerprint density at radius 1 is 1.22 bits per heavy atom. The minimum atomic E-state index is 0.372. The molecule has 102 valence electrons. The van der Waals surface area contributed by atoms with E-state index in [9.17, 15) is 0 Å². The number of ether oxygens (including phenoxy) is 1. The minimum absolute atomic E-state index is 0.372. The van der Waals surface area contributed by atoms with Crippen molar-refractivity contribution in [1.29, 1.82) is 0 Å². The van der Waals surface area contributed by atoms with Crippen LogP contribution < -0.4 is 10.1 Å². The lowest BCUT2D eigenvalue weighted by atomic mass is 10.1. The van der Waals surface area contributed by atoms with Crippen LogP contribution in [0.15, 0.2) is 24.3 Å². The second-order valence-electron chi connectivity index (χ2n) is 4.61. The van der Waals surface area contributed by atoms with Gasteiger partial charge < -0.3 is 15.0 Å². The van der Waals surface area contributed by atoms with Gasteiger partial charge in [-0.15, -0.1) is 0 Å². The highest BCUT2D eigenvalue weighted by molar-refractivity contribution is 5.29. The number of benzene rings is 1. The summed E-state index contributed by atoms with van der Waals surface area (Å²) in [6, 6.07) is 8.75. The maximum Gasteiger partial charge on any atom is 0.119 e. The molecule has 0 radical (unpaired) electrons. The Labute approximate surface area is 111 Å². The average Bonchev–Trinajstić information content (AvgIpc) is 2.38. The summed E-state index contributed by atoms with van der Waals surface area (Å²) in [4.78, 5) is 2.36. The molecule has 0 saturated carbocycles. The summed E-state index contributed by atoms with van der Waals surface area (Å²) < 4.78 is 5.46. The van der Waals surface area contributed by atoms with Crippen molar-refractivity contribution in [2.75, 3.05) is 33.8 Å². The zero-order valence-corrected chi connectivity index (χ0v) is 12.1. The number of nitrogens with zero attached hydrogens (tertiary/aromatic N) is 1. The maximum atomic E-state index is 5.46. The van der Waals surface area contributed by atoms with E-state index in [0.29, 0.717) is 12.6 Å². The Bertz CT molecular complexity index is 324. The van der Waals surface area contributed by atoms with Gasteiger partial charge in [0.15, 0.2) is 0 Å². The fourth-order valence-corrected chi connectivity index (χ4v) is 2.11. The van der Waals surface area contributed by atoms with E-state index >= 15 is 0 Å². The highest BCUT2D eigenvalue weighted by Crippen LogP contribution is 2.18. The molecule has 1 aromatic carbocycles. The standard InChI is InChI=1S/C15H26N2O/c1-5-11-17(4)12-15(16-3)13-7-9-14(10-8-13)18-6-2/h7-10,15-16H,5-6,11-12H2,1-4H3. The van der Waals surface area contributed by atoms with Crippen LogP contribution in [0.4, 0.5) is 0 Å². The SMILES string of the molecule is CCCN(C)CC(NC)c1ccc(OCC)cc1. The van der Waals surface area contributed by atoms with Gasteiger partial charge in [-0.25, -0.2) is 0 Å². The molecule has 3 nitrogen and oxygen atoms in total. The number of rotatable bonds is 8. The van der Waals surface area contributed by atoms with Crippen LogP contribution in [0, 0.1) is 0 Å². The Morgan fingerprint density at radius 3 is 2.39 bits per heavy atom. The first kappa shape index (κ1) is 15.0. The monoisotopic (exact) mass is 250 g/mol. The molecular formula is C15H26N2O. The number of hydrogen-bond donors (Lipinski definition) is 1. The van der Waals surface area contributed by atoms with Crippen LogP contribution in [-0.4, -0.2) is 38.7 Å². The summed E-state index contributed by atoms with van der Waals surface area (Å²) in [5, 5.41) is 3.38. The molecular weight excluding hydrogens is 224 g/mol. The van der Waals surface area contributed by atoms with Crippen LogP contribution in [-0.2, 0) is 0 Å². The number of hydrogen-bond acceptors (Lipinski definition) is 3. The van der Waals surface area contributed by atoms with Crippen LogP contribution in [0.2, 0.25) is 0 Å². The molecule has 1 N–H and O–H groups in total. The van der Waals surface area contributed by atoms with E-state index in [4.69, 9.17) is 4.74 Å². The van der Waals surface area contributed by atoms with E-state index in [-0.39, 0.29) is 0 Å². The van der Waals surface area contributed by atoms with Gasteiger partial charge in [-0.05, 0) is 51.7 Å². The lowest BCUT2D eigenvalue weighted by Gasteiger charge is -2.24. The van der Waals surface area contributed by atoms with E-state index in [1.54, 1.807) is 0 Å². The summed E-state index contributed by atoms with van der Waals surface area (Å²) >= 11 is 0. The molecule has 0 aliphatic rings. The molecule has 0 aromatic heterocycles. The molecule has 1 rings (SSSR count). The summed E-state index contributed by atoms with van der Waals surface area (Å²) in [5.74, 6) is 0.943. The molecule has 3 heteroatoms. The van der Waals surface area contributed by atoms with Gasteiger partial charge in [-0.1, -0.05) is 19.1 Å². The van der Waals surface area contributed by atoms with E-state index in [2.05, 4.69) is 36.3 Å². The van der Waals surface area contributed by atoms with E-state index in [1.165, 1.54) is 12.0 Å². The van der Waals surface area contributed by atoms with Gasteiger partial charge in [-0.3, -0.25) is 0 Å². The second-order valence-corrected chi connectivity index (χ2v) is 4.61. The lowest BCUT2D eigenvalue weighted by molar-refractivity contribution is 0.297. The molecule has 0 aliphatic carbocycles. The van der Waals surface area contributed by atoms with Crippen molar-refractivity contribution < 1.29 is 4.74 Å². The van der Waals surface area contributed by atoms with Crippen molar-refractivity contribution in [1.82, 2.24) is 10.2 Å². The second kappa shape index (κ2) is 8.11. The molecule has 1 atom stereocenters. The third kappa shape index (κ3) is 4.67. The molecule has 0 amide bonds. The van der Waals surface area contributed by atoms with Crippen molar-refractivity contribution >= 4 is 0 Å². The minimum Gasteiger partial charge on any atom is -0.494 e. The van der Waals surface area contributed by atoms with Crippen LogP contribution in [0.1, 0.15) is 31.9 Å². The zero-order valence-electron chi connectivity index (χ0n) is 12.1. The Morgan fingerprint density at radius 2 is 1.89 bits per heavy atom. The Kier molecular flexibility index (Phi) is 6.76. The molecule has 1 unspecified atom stereocenters. The molecule has 0 bridgehead atoms. The quantitative estimate of drug-likeness (QED) is 0.767. The van der Waals surface area contributed by atoms with Crippen molar-refractivity contribution in [2.24, 2.45) is 0 Å². The fraction of sp³-hybridized carbons (Fsp3) is 0.600.